The zero-order valence-electron chi connectivity index (χ0n) is 19.5. The van der Waals surface area contributed by atoms with E-state index in [0.29, 0.717) is 38.1 Å². The maximum absolute atomic E-state index is 13.3. The van der Waals surface area contributed by atoms with Crippen molar-refractivity contribution in [2.75, 3.05) is 38.7 Å². The van der Waals surface area contributed by atoms with Crippen LogP contribution in [0.25, 0.3) is 0 Å². The molecule has 33 heavy (non-hydrogen) atoms. The van der Waals surface area contributed by atoms with E-state index >= 15 is 0 Å². The predicted molar refractivity (Wildman–Crippen MR) is 123 cm³/mol. The molecule has 2 unspecified atom stereocenters. The van der Waals surface area contributed by atoms with E-state index in [2.05, 4.69) is 10.6 Å². The Morgan fingerprint density at radius 2 is 1.88 bits per heavy atom. The monoisotopic (exact) mass is 458 g/mol. The van der Waals surface area contributed by atoms with Crippen LogP contribution in [0.1, 0.15) is 44.1 Å². The van der Waals surface area contributed by atoms with Crippen molar-refractivity contribution in [3.8, 4) is 0 Å². The minimum Gasteiger partial charge on any atom is -0.385 e. The van der Waals surface area contributed by atoms with Gasteiger partial charge in [0.2, 0.25) is 17.7 Å². The number of carbonyl (C=O) groups excluding carboxylic acids is 4. The number of fused-ring (bicyclic) bond motifs is 1. The number of ether oxygens (including phenoxy) is 1. The molecule has 1 aliphatic carbocycles. The van der Waals surface area contributed by atoms with Gasteiger partial charge in [-0.15, -0.1) is 0 Å². The molecular weight excluding hydrogens is 424 g/mol. The molecular formula is C24H34N4O5. The average molecular weight is 459 g/mol. The lowest BCUT2D eigenvalue weighted by atomic mass is 9.81. The van der Waals surface area contributed by atoms with E-state index in [1.165, 1.54) is 4.90 Å². The first kappa shape index (κ1) is 24.7. The smallest absolute Gasteiger partial charge is 0.327 e. The number of hydrogen-bond acceptors (Lipinski definition) is 5. The zero-order chi connectivity index (χ0) is 23.8. The maximum atomic E-state index is 13.3. The van der Waals surface area contributed by atoms with Crippen LogP contribution in [0.5, 0.6) is 0 Å². The van der Waals surface area contributed by atoms with E-state index in [1.54, 1.807) is 7.11 Å². The summed E-state index contributed by atoms with van der Waals surface area (Å²) in [5.74, 6) is -1.08. The molecule has 1 saturated heterocycles. The summed E-state index contributed by atoms with van der Waals surface area (Å²) in [6, 6.07) is 6.68. The number of hydrogen-bond donors (Lipinski definition) is 2. The largest absolute Gasteiger partial charge is 0.385 e. The van der Waals surface area contributed by atoms with E-state index in [4.69, 9.17) is 4.74 Å². The number of carbonyl (C=O) groups is 4. The van der Waals surface area contributed by atoms with Gasteiger partial charge in [-0.05, 0) is 37.8 Å². The predicted octanol–water partition coefficient (Wildman–Crippen LogP) is 2.30. The van der Waals surface area contributed by atoms with Crippen molar-refractivity contribution in [2.45, 2.75) is 51.5 Å². The van der Waals surface area contributed by atoms with E-state index in [9.17, 15) is 19.2 Å². The number of para-hydroxylation sites is 1. The number of nitrogens with one attached hydrogen (secondary N) is 2. The normalized spacial score (nSPS) is 20.4. The van der Waals surface area contributed by atoms with Crippen molar-refractivity contribution in [1.82, 2.24) is 15.1 Å². The molecule has 2 fully saturated rings. The van der Waals surface area contributed by atoms with Gasteiger partial charge in [-0.2, -0.15) is 0 Å². The molecule has 180 valence electrons. The van der Waals surface area contributed by atoms with Gasteiger partial charge in [0.15, 0.2) is 0 Å². The van der Waals surface area contributed by atoms with Gasteiger partial charge in [0.05, 0.1) is 5.92 Å². The molecule has 0 aromatic heterocycles. The van der Waals surface area contributed by atoms with Crippen LogP contribution in [0, 0.1) is 12.8 Å². The van der Waals surface area contributed by atoms with Crippen LogP contribution in [0.4, 0.5) is 10.5 Å². The second-order valence-corrected chi connectivity index (χ2v) is 8.67. The van der Waals surface area contributed by atoms with Crippen LogP contribution in [0.15, 0.2) is 24.3 Å². The van der Waals surface area contributed by atoms with E-state index < -0.39 is 6.03 Å². The summed E-state index contributed by atoms with van der Waals surface area (Å²) in [6.45, 7) is 2.81. The number of aryl methyl sites for hydroxylation is 1. The highest BCUT2D eigenvalue weighted by molar-refractivity contribution is 6.02. The second kappa shape index (κ2) is 11.8. The molecule has 1 saturated carbocycles. The quantitative estimate of drug-likeness (QED) is 0.523. The van der Waals surface area contributed by atoms with Crippen molar-refractivity contribution in [3.63, 3.8) is 0 Å². The minimum absolute atomic E-state index is 0.00686. The number of amides is 5. The summed E-state index contributed by atoms with van der Waals surface area (Å²) >= 11 is 0. The third-order valence-electron chi connectivity index (χ3n) is 6.33. The van der Waals surface area contributed by atoms with Crippen molar-refractivity contribution >= 4 is 29.4 Å². The first-order valence-electron chi connectivity index (χ1n) is 11.7. The lowest BCUT2D eigenvalue weighted by Crippen LogP contribution is -2.63. The number of urea groups is 1. The summed E-state index contributed by atoms with van der Waals surface area (Å²) in [4.78, 5) is 54.0. The van der Waals surface area contributed by atoms with Crippen LogP contribution in [0.2, 0.25) is 0 Å². The maximum Gasteiger partial charge on any atom is 0.327 e. The molecule has 0 bridgehead atoms. The highest BCUT2D eigenvalue weighted by Crippen LogP contribution is 2.34. The molecule has 0 radical (unpaired) electrons. The molecule has 1 aromatic carbocycles. The van der Waals surface area contributed by atoms with Crippen molar-refractivity contribution in [3.05, 3.63) is 29.8 Å². The van der Waals surface area contributed by atoms with Crippen LogP contribution in [-0.4, -0.2) is 72.9 Å². The van der Waals surface area contributed by atoms with Crippen LogP contribution < -0.4 is 10.6 Å². The summed E-state index contributed by atoms with van der Waals surface area (Å²) in [6.07, 6.45) is 3.95. The van der Waals surface area contributed by atoms with Crippen molar-refractivity contribution < 1.29 is 23.9 Å². The number of imide groups is 1. The van der Waals surface area contributed by atoms with Gasteiger partial charge in [0.25, 0.3) is 0 Å². The second-order valence-electron chi connectivity index (χ2n) is 8.67. The van der Waals surface area contributed by atoms with Crippen LogP contribution in [0.3, 0.4) is 0 Å². The fourth-order valence-corrected chi connectivity index (χ4v) is 4.56. The fraction of sp³-hybridized carbons (Fsp3) is 0.583. The van der Waals surface area contributed by atoms with Crippen molar-refractivity contribution in [2.24, 2.45) is 5.92 Å². The number of anilines is 1. The number of methoxy groups -OCH3 is 1. The number of rotatable bonds is 10. The third-order valence-corrected chi connectivity index (χ3v) is 6.33. The molecule has 9 nitrogen and oxygen atoms in total. The number of nitrogens with zero attached hydrogens (tertiary/aromatic N) is 2. The first-order chi connectivity index (χ1) is 15.9. The molecule has 1 aliphatic heterocycles. The molecule has 3 rings (SSSR count). The van der Waals surface area contributed by atoms with E-state index in [-0.39, 0.29) is 49.2 Å². The highest BCUT2D eigenvalue weighted by Gasteiger charge is 2.47. The Hall–Kier alpha value is -2.94. The van der Waals surface area contributed by atoms with Gasteiger partial charge >= 0.3 is 6.03 Å². The Morgan fingerprint density at radius 1 is 1.12 bits per heavy atom. The molecule has 2 N–H and O–H groups in total. The van der Waals surface area contributed by atoms with Crippen LogP contribution in [-0.2, 0) is 19.1 Å². The van der Waals surface area contributed by atoms with Gasteiger partial charge < -0.3 is 20.3 Å². The summed E-state index contributed by atoms with van der Waals surface area (Å²) in [7, 11) is 1.60. The third kappa shape index (κ3) is 6.31. The lowest BCUT2D eigenvalue weighted by molar-refractivity contribution is -0.142. The summed E-state index contributed by atoms with van der Waals surface area (Å²) in [5, 5.41) is 5.65. The minimum atomic E-state index is -0.490. The topological polar surface area (TPSA) is 108 Å². The molecule has 0 spiro atoms. The Morgan fingerprint density at radius 3 is 2.64 bits per heavy atom. The first-order valence-corrected chi connectivity index (χ1v) is 11.7. The van der Waals surface area contributed by atoms with Gasteiger partial charge in [-0.25, -0.2) is 4.79 Å². The zero-order valence-corrected chi connectivity index (χ0v) is 19.5. The molecule has 1 aromatic rings. The molecule has 5 amide bonds. The van der Waals surface area contributed by atoms with E-state index in [0.717, 1.165) is 23.3 Å². The highest BCUT2D eigenvalue weighted by atomic mass is 16.5. The van der Waals surface area contributed by atoms with Crippen LogP contribution >= 0.6 is 0 Å². The molecule has 2 aliphatic rings. The SMILES string of the molecule is COCCCNC(=O)CCN1C(=O)C2CCCCC2N(CC(=O)Nc2ccccc2C)C1=O. The van der Waals surface area contributed by atoms with Gasteiger partial charge in [-0.3, -0.25) is 19.3 Å². The lowest BCUT2D eigenvalue weighted by Gasteiger charge is -2.46. The molecule has 2 atom stereocenters. The molecule has 1 heterocycles. The molecule has 9 heteroatoms. The Bertz CT molecular complexity index is 874. The summed E-state index contributed by atoms with van der Waals surface area (Å²) < 4.78 is 4.96. The Balaban J connectivity index is 1.65. The number of benzene rings is 1. The van der Waals surface area contributed by atoms with Gasteiger partial charge in [0.1, 0.15) is 6.54 Å². The van der Waals surface area contributed by atoms with E-state index in [1.807, 2.05) is 31.2 Å². The Labute approximate surface area is 194 Å². The van der Waals surface area contributed by atoms with Gasteiger partial charge in [0, 0.05) is 45.0 Å². The van der Waals surface area contributed by atoms with Gasteiger partial charge in [-0.1, -0.05) is 31.0 Å². The standard InChI is InChI=1S/C24H34N4O5/c1-17-8-3-5-10-19(17)26-22(30)16-28-20-11-6-4-9-18(20)23(31)27(24(28)32)14-12-21(29)25-13-7-15-33-2/h3,5,8,10,18,20H,4,6-7,9,11-16H2,1-2H3,(H,25,29)(H,26,30). The fourth-order valence-electron chi connectivity index (χ4n) is 4.56. The average Bonchev–Trinajstić information content (AvgIpc) is 2.81. The Kier molecular flexibility index (Phi) is 8.82. The summed E-state index contributed by atoms with van der Waals surface area (Å²) in [5.41, 5.74) is 1.63. The van der Waals surface area contributed by atoms with Crippen molar-refractivity contribution in [1.29, 1.82) is 0 Å².